The van der Waals surface area contributed by atoms with Crippen LogP contribution in [0.3, 0.4) is 0 Å². The number of halogens is 2. The summed E-state index contributed by atoms with van der Waals surface area (Å²) in [5.41, 5.74) is 1.14. The second-order valence-electron chi connectivity index (χ2n) is 5.73. The normalized spacial score (nSPS) is 10.8. The van der Waals surface area contributed by atoms with Crippen molar-refractivity contribution in [3.8, 4) is 5.75 Å². The molecule has 0 aliphatic heterocycles. The van der Waals surface area contributed by atoms with E-state index in [1.165, 1.54) is 4.68 Å². The van der Waals surface area contributed by atoms with Crippen LogP contribution in [0.25, 0.3) is 0 Å². The van der Waals surface area contributed by atoms with E-state index >= 15 is 0 Å². The molecule has 3 aromatic rings. The van der Waals surface area contributed by atoms with Crippen molar-refractivity contribution in [2.24, 2.45) is 7.05 Å². The Kier molecular flexibility index (Phi) is 5.49. The smallest absolute Gasteiger partial charge is 0.274 e. The highest BCUT2D eigenvalue weighted by Crippen LogP contribution is 2.27. The molecule has 136 valence electrons. The number of hydrogen-bond acceptors (Lipinski definition) is 4. The number of amides is 1. The highest BCUT2D eigenvalue weighted by Gasteiger charge is 2.16. The Morgan fingerprint density at radius 1 is 1.19 bits per heavy atom. The van der Waals surface area contributed by atoms with Gasteiger partial charge in [-0.1, -0.05) is 23.2 Å². The number of hydrogen-bond donors (Lipinski definition) is 0. The van der Waals surface area contributed by atoms with Crippen LogP contribution in [0.4, 0.5) is 0 Å². The van der Waals surface area contributed by atoms with Crippen LogP contribution >= 0.6 is 23.2 Å². The lowest BCUT2D eigenvalue weighted by Crippen LogP contribution is -2.27. The van der Waals surface area contributed by atoms with Crippen molar-refractivity contribution in [1.29, 1.82) is 0 Å². The van der Waals surface area contributed by atoms with Gasteiger partial charge in [0.2, 0.25) is 0 Å². The Morgan fingerprint density at radius 2 is 2.00 bits per heavy atom. The molecule has 0 bridgehead atoms. The zero-order valence-corrected chi connectivity index (χ0v) is 15.8. The van der Waals surface area contributed by atoms with Crippen LogP contribution in [0.5, 0.6) is 5.75 Å². The summed E-state index contributed by atoms with van der Waals surface area (Å²) in [5.74, 6) is 0.297. The second kappa shape index (κ2) is 7.80. The van der Waals surface area contributed by atoms with Gasteiger partial charge in [-0.2, -0.15) is 10.2 Å². The van der Waals surface area contributed by atoms with E-state index in [9.17, 15) is 4.79 Å². The largest absolute Gasteiger partial charge is 0.470 e. The quantitative estimate of drug-likeness (QED) is 0.644. The Labute approximate surface area is 160 Å². The van der Waals surface area contributed by atoms with Gasteiger partial charge in [-0.3, -0.25) is 9.48 Å². The molecule has 0 spiro atoms. The van der Waals surface area contributed by atoms with Gasteiger partial charge in [-0.25, -0.2) is 4.68 Å². The van der Waals surface area contributed by atoms with Gasteiger partial charge < -0.3 is 9.64 Å². The minimum atomic E-state index is -0.195. The highest BCUT2D eigenvalue weighted by atomic mass is 35.5. The third kappa shape index (κ3) is 4.36. The molecule has 2 aromatic heterocycles. The van der Waals surface area contributed by atoms with E-state index < -0.39 is 0 Å². The predicted octanol–water partition coefficient (Wildman–Crippen LogP) is 3.23. The van der Waals surface area contributed by atoms with Gasteiger partial charge in [0, 0.05) is 31.5 Å². The van der Waals surface area contributed by atoms with E-state index in [0.717, 1.165) is 5.69 Å². The third-order valence-corrected chi connectivity index (χ3v) is 4.15. The third-order valence-electron chi connectivity index (χ3n) is 3.62. The SMILES string of the molecule is CN(Cc1ccn(C)n1)C(=O)c1ccn(COc2ccc(Cl)cc2Cl)n1. The van der Waals surface area contributed by atoms with Crippen LogP contribution in [0.1, 0.15) is 16.2 Å². The summed E-state index contributed by atoms with van der Waals surface area (Å²) in [6.45, 7) is 0.530. The van der Waals surface area contributed by atoms with Gasteiger partial charge in [0.25, 0.3) is 5.91 Å². The van der Waals surface area contributed by atoms with Gasteiger partial charge in [-0.05, 0) is 30.3 Å². The molecule has 3 rings (SSSR count). The molecule has 0 saturated carbocycles. The van der Waals surface area contributed by atoms with Crippen molar-refractivity contribution in [3.05, 3.63) is 64.2 Å². The Morgan fingerprint density at radius 3 is 2.69 bits per heavy atom. The minimum Gasteiger partial charge on any atom is -0.470 e. The Hall–Kier alpha value is -2.51. The molecule has 7 nitrogen and oxygen atoms in total. The topological polar surface area (TPSA) is 65.2 Å². The van der Waals surface area contributed by atoms with Gasteiger partial charge in [0.15, 0.2) is 12.4 Å². The molecule has 26 heavy (non-hydrogen) atoms. The molecule has 9 heteroatoms. The first-order valence-corrected chi connectivity index (χ1v) is 8.53. The lowest BCUT2D eigenvalue weighted by molar-refractivity contribution is 0.0775. The average Bonchev–Trinajstić information content (AvgIpc) is 3.22. The fourth-order valence-corrected chi connectivity index (χ4v) is 2.80. The molecule has 2 heterocycles. The molecule has 0 N–H and O–H groups in total. The molecule has 0 unspecified atom stereocenters. The predicted molar refractivity (Wildman–Crippen MR) is 98.3 cm³/mol. The molecule has 0 fully saturated rings. The lowest BCUT2D eigenvalue weighted by atomic mass is 10.3. The monoisotopic (exact) mass is 393 g/mol. The summed E-state index contributed by atoms with van der Waals surface area (Å²) < 4.78 is 8.82. The van der Waals surface area contributed by atoms with Crippen LogP contribution in [-0.2, 0) is 20.3 Å². The van der Waals surface area contributed by atoms with Crippen molar-refractivity contribution in [2.75, 3.05) is 7.05 Å². The van der Waals surface area contributed by atoms with Crippen molar-refractivity contribution >= 4 is 29.1 Å². The van der Waals surface area contributed by atoms with Crippen LogP contribution in [0.15, 0.2) is 42.7 Å². The maximum Gasteiger partial charge on any atom is 0.274 e. The van der Waals surface area contributed by atoms with Gasteiger partial charge in [0.1, 0.15) is 5.75 Å². The number of ether oxygens (including phenoxy) is 1. The molecule has 1 amide bonds. The number of aryl methyl sites for hydroxylation is 1. The molecule has 0 aliphatic carbocycles. The maximum absolute atomic E-state index is 12.5. The fraction of sp³-hybridized carbons (Fsp3) is 0.235. The van der Waals surface area contributed by atoms with Crippen molar-refractivity contribution in [3.63, 3.8) is 0 Å². The summed E-state index contributed by atoms with van der Waals surface area (Å²) in [6.07, 6.45) is 3.51. The van der Waals surface area contributed by atoms with Gasteiger partial charge >= 0.3 is 0 Å². The number of aromatic nitrogens is 4. The van der Waals surface area contributed by atoms with E-state index in [1.807, 2.05) is 19.3 Å². The second-order valence-corrected chi connectivity index (χ2v) is 6.57. The van der Waals surface area contributed by atoms with Crippen molar-refractivity contribution < 1.29 is 9.53 Å². The number of rotatable bonds is 6. The summed E-state index contributed by atoms with van der Waals surface area (Å²) in [5, 5.41) is 9.46. The number of carbonyl (C=O) groups is 1. The zero-order valence-electron chi connectivity index (χ0n) is 14.3. The fourth-order valence-electron chi connectivity index (χ4n) is 2.33. The molecule has 0 aliphatic rings. The Bertz CT molecular complexity index is 922. The standard InChI is InChI=1S/C17H17Cl2N5O2/c1-22(10-13-5-7-23(2)20-13)17(25)15-6-8-24(21-15)11-26-16-4-3-12(18)9-14(16)19/h3-9H,10-11H2,1-2H3. The van der Waals surface area contributed by atoms with Gasteiger partial charge in [-0.15, -0.1) is 0 Å². The molecule has 0 radical (unpaired) electrons. The van der Waals surface area contributed by atoms with Crippen LogP contribution in [0, 0.1) is 0 Å². The van der Waals surface area contributed by atoms with Crippen LogP contribution < -0.4 is 4.74 Å². The molecular weight excluding hydrogens is 377 g/mol. The number of nitrogens with zero attached hydrogens (tertiary/aromatic N) is 5. The zero-order chi connectivity index (χ0) is 18.7. The molecular formula is C17H17Cl2N5O2. The van der Waals surface area contributed by atoms with Gasteiger partial charge in [0.05, 0.1) is 17.3 Å². The minimum absolute atomic E-state index is 0.124. The number of benzene rings is 1. The molecule has 1 aromatic carbocycles. The summed E-state index contributed by atoms with van der Waals surface area (Å²) >= 11 is 11.9. The first kappa shape index (κ1) is 18.3. The van der Waals surface area contributed by atoms with E-state index in [2.05, 4.69) is 10.2 Å². The molecule has 0 saturated heterocycles. The first-order chi connectivity index (χ1) is 12.4. The first-order valence-electron chi connectivity index (χ1n) is 7.77. The summed E-state index contributed by atoms with van der Waals surface area (Å²) in [4.78, 5) is 14.0. The van der Waals surface area contributed by atoms with E-state index in [-0.39, 0.29) is 12.6 Å². The average molecular weight is 394 g/mol. The van der Waals surface area contributed by atoms with Crippen LogP contribution in [-0.4, -0.2) is 37.4 Å². The van der Waals surface area contributed by atoms with E-state index in [4.69, 9.17) is 27.9 Å². The Balaban J connectivity index is 1.60. The number of carbonyl (C=O) groups excluding carboxylic acids is 1. The lowest BCUT2D eigenvalue weighted by Gasteiger charge is -2.14. The van der Waals surface area contributed by atoms with Crippen molar-refractivity contribution in [1.82, 2.24) is 24.5 Å². The van der Waals surface area contributed by atoms with E-state index in [1.54, 1.807) is 47.1 Å². The van der Waals surface area contributed by atoms with Crippen LogP contribution in [0.2, 0.25) is 10.0 Å². The highest BCUT2D eigenvalue weighted by molar-refractivity contribution is 6.35. The summed E-state index contributed by atoms with van der Waals surface area (Å²) in [7, 11) is 3.54. The van der Waals surface area contributed by atoms with E-state index in [0.29, 0.717) is 28.0 Å². The van der Waals surface area contributed by atoms with Crippen molar-refractivity contribution in [2.45, 2.75) is 13.3 Å². The molecule has 0 atom stereocenters. The summed E-state index contributed by atoms with van der Waals surface area (Å²) in [6, 6.07) is 8.48. The maximum atomic E-state index is 12.5.